The Bertz CT molecular complexity index is 963. The van der Waals surface area contributed by atoms with Crippen LogP contribution in [0.15, 0.2) is 29.3 Å². The third-order valence-corrected chi connectivity index (χ3v) is 7.63. The molecule has 0 unspecified atom stereocenters. The number of carbonyl (C=O) groups is 2. The number of benzene rings is 1. The zero-order valence-corrected chi connectivity index (χ0v) is 17.0. The molecule has 0 bridgehead atoms. The molecule has 2 aliphatic heterocycles. The quantitative estimate of drug-likeness (QED) is 0.680. The summed E-state index contributed by atoms with van der Waals surface area (Å²) < 4.78 is 65.0. The fourth-order valence-corrected chi connectivity index (χ4v) is 7.16. The van der Waals surface area contributed by atoms with Crippen molar-refractivity contribution in [2.45, 2.75) is 36.9 Å². The fourth-order valence-electron chi connectivity index (χ4n) is 3.23. The molecule has 30 heavy (non-hydrogen) atoms. The van der Waals surface area contributed by atoms with Gasteiger partial charge in [0.25, 0.3) is 0 Å². The monoisotopic (exact) mass is 466 g/mol. The first-order valence-electron chi connectivity index (χ1n) is 8.79. The number of sulfone groups is 1. The molecule has 2 aliphatic rings. The maximum atomic E-state index is 12.4. The summed E-state index contributed by atoms with van der Waals surface area (Å²) in [6.07, 6.45) is -5.00. The molecule has 2 atom stereocenters. The molecular weight excluding hydrogens is 449 g/mol. The lowest BCUT2D eigenvalue weighted by atomic mass is 10.2. The van der Waals surface area contributed by atoms with Crippen molar-refractivity contribution in [2.75, 3.05) is 16.4 Å². The number of aliphatic imine (C=N–C) groups is 1. The number of amidine groups is 1. The number of thioether (sulfide) groups is 1. The number of halogens is 3. The van der Waals surface area contributed by atoms with Gasteiger partial charge in [0.1, 0.15) is 5.75 Å². The third kappa shape index (κ3) is 5.65. The van der Waals surface area contributed by atoms with E-state index < -0.39 is 39.9 Å². The summed E-state index contributed by atoms with van der Waals surface area (Å²) >= 11 is 1.12. The molecule has 2 heterocycles. The van der Waals surface area contributed by atoms with Gasteiger partial charge in [0, 0.05) is 23.8 Å². The van der Waals surface area contributed by atoms with E-state index in [0.29, 0.717) is 5.69 Å². The Morgan fingerprint density at radius 3 is 2.47 bits per heavy atom. The number of rotatable bonds is 6. The van der Waals surface area contributed by atoms with Crippen molar-refractivity contribution < 1.29 is 41.0 Å². The highest BCUT2D eigenvalue weighted by Gasteiger charge is 2.49. The van der Waals surface area contributed by atoms with Gasteiger partial charge in [0.15, 0.2) is 15.0 Å². The van der Waals surface area contributed by atoms with Gasteiger partial charge in [-0.25, -0.2) is 8.42 Å². The number of alkyl halides is 3. The highest BCUT2D eigenvalue weighted by molar-refractivity contribution is 8.16. The van der Waals surface area contributed by atoms with Gasteiger partial charge in [-0.05, 0) is 30.7 Å². The normalized spacial score (nSPS) is 24.1. The minimum Gasteiger partial charge on any atom is -0.481 e. The number of ether oxygens (including phenoxy) is 1. The SMILES string of the molecule is O=C(O)CCCC(=O)N=C1S[C@@H]2CS(=O)(=O)C[C@H]2N1c1ccc(OC(F)(F)F)cc1. The van der Waals surface area contributed by atoms with Crippen molar-refractivity contribution in [2.24, 2.45) is 4.99 Å². The van der Waals surface area contributed by atoms with E-state index in [2.05, 4.69) is 9.73 Å². The van der Waals surface area contributed by atoms with Gasteiger partial charge in [-0.2, -0.15) is 4.99 Å². The minimum absolute atomic E-state index is 0.0871. The lowest BCUT2D eigenvalue weighted by Gasteiger charge is -2.24. The first kappa shape index (κ1) is 22.4. The highest BCUT2D eigenvalue weighted by Crippen LogP contribution is 2.41. The number of amides is 1. The maximum absolute atomic E-state index is 12.4. The molecule has 164 valence electrons. The van der Waals surface area contributed by atoms with Crippen LogP contribution in [0.25, 0.3) is 0 Å². The molecule has 2 saturated heterocycles. The van der Waals surface area contributed by atoms with Crippen molar-refractivity contribution in [3.05, 3.63) is 24.3 Å². The largest absolute Gasteiger partial charge is 0.573 e. The van der Waals surface area contributed by atoms with Crippen LogP contribution in [-0.2, 0) is 19.4 Å². The summed E-state index contributed by atoms with van der Waals surface area (Å²) in [5.74, 6) is -2.29. The smallest absolute Gasteiger partial charge is 0.481 e. The van der Waals surface area contributed by atoms with Crippen molar-refractivity contribution in [1.29, 1.82) is 0 Å². The summed E-state index contributed by atoms with van der Waals surface area (Å²) in [7, 11) is -3.30. The number of anilines is 1. The summed E-state index contributed by atoms with van der Waals surface area (Å²) in [6, 6.07) is 4.34. The van der Waals surface area contributed by atoms with E-state index in [1.54, 1.807) is 0 Å². The molecule has 0 aromatic heterocycles. The predicted molar refractivity (Wildman–Crippen MR) is 103 cm³/mol. The fraction of sp³-hybridized carbons (Fsp3) is 0.471. The number of carbonyl (C=O) groups excluding carboxylic acids is 1. The lowest BCUT2D eigenvalue weighted by Crippen LogP contribution is -2.37. The Hall–Kier alpha value is -2.28. The van der Waals surface area contributed by atoms with Crippen molar-refractivity contribution in [1.82, 2.24) is 0 Å². The van der Waals surface area contributed by atoms with E-state index in [-0.39, 0.29) is 41.2 Å². The van der Waals surface area contributed by atoms with Crippen LogP contribution in [0.5, 0.6) is 5.75 Å². The van der Waals surface area contributed by atoms with Crippen molar-refractivity contribution in [3.8, 4) is 5.75 Å². The van der Waals surface area contributed by atoms with Crippen LogP contribution in [0, 0.1) is 0 Å². The maximum Gasteiger partial charge on any atom is 0.573 e. The lowest BCUT2D eigenvalue weighted by molar-refractivity contribution is -0.274. The molecule has 0 saturated carbocycles. The molecule has 3 rings (SSSR count). The number of fused-ring (bicyclic) bond motifs is 1. The van der Waals surface area contributed by atoms with Crippen LogP contribution >= 0.6 is 11.8 Å². The molecular formula is C17H17F3N2O6S2. The van der Waals surface area contributed by atoms with E-state index >= 15 is 0 Å². The molecule has 0 radical (unpaired) electrons. The summed E-state index contributed by atoms with van der Waals surface area (Å²) in [5, 5.41) is 8.53. The van der Waals surface area contributed by atoms with Gasteiger partial charge < -0.3 is 14.7 Å². The second kappa shape index (κ2) is 8.46. The van der Waals surface area contributed by atoms with E-state index in [4.69, 9.17) is 5.11 Å². The number of nitrogens with zero attached hydrogens (tertiary/aromatic N) is 2. The summed E-state index contributed by atoms with van der Waals surface area (Å²) in [6.45, 7) is 0. The average molecular weight is 466 g/mol. The number of hydrogen-bond acceptors (Lipinski definition) is 6. The number of aliphatic carboxylic acids is 1. The van der Waals surface area contributed by atoms with Crippen LogP contribution < -0.4 is 9.64 Å². The van der Waals surface area contributed by atoms with E-state index in [1.165, 1.54) is 17.0 Å². The van der Waals surface area contributed by atoms with Gasteiger partial charge in [-0.15, -0.1) is 13.2 Å². The average Bonchev–Trinajstić information content (AvgIpc) is 3.05. The molecule has 13 heteroatoms. The van der Waals surface area contributed by atoms with Crippen molar-refractivity contribution >= 4 is 44.3 Å². The molecule has 2 fully saturated rings. The van der Waals surface area contributed by atoms with Gasteiger partial charge in [0.2, 0.25) is 5.91 Å². The van der Waals surface area contributed by atoms with E-state index in [1.807, 2.05) is 0 Å². The zero-order chi connectivity index (χ0) is 22.1. The van der Waals surface area contributed by atoms with Gasteiger partial charge in [-0.3, -0.25) is 9.59 Å². The van der Waals surface area contributed by atoms with Crippen LogP contribution in [0.4, 0.5) is 18.9 Å². The zero-order valence-electron chi connectivity index (χ0n) is 15.3. The standard InChI is InChI=1S/C17H17F3N2O6S2/c18-17(19,20)28-11-6-4-10(5-7-11)22-12-8-30(26,27)9-13(12)29-16(22)21-14(23)2-1-3-15(24)25/h4-7,12-13H,1-3,8-9H2,(H,24,25)/t12-,13-/m1/s1. The first-order valence-corrected chi connectivity index (χ1v) is 11.5. The minimum atomic E-state index is -4.84. The third-order valence-electron chi connectivity index (χ3n) is 4.42. The van der Waals surface area contributed by atoms with Crippen LogP contribution in [0.3, 0.4) is 0 Å². The molecule has 0 aliphatic carbocycles. The van der Waals surface area contributed by atoms with E-state index in [0.717, 1.165) is 23.9 Å². The Morgan fingerprint density at radius 2 is 1.87 bits per heavy atom. The van der Waals surface area contributed by atoms with Gasteiger partial charge in [-0.1, -0.05) is 11.8 Å². The molecule has 1 N–H and O–H groups in total. The Morgan fingerprint density at radius 1 is 1.20 bits per heavy atom. The van der Waals surface area contributed by atoms with Crippen LogP contribution in [0.2, 0.25) is 0 Å². The highest BCUT2D eigenvalue weighted by atomic mass is 32.2. The van der Waals surface area contributed by atoms with E-state index in [9.17, 15) is 31.2 Å². The molecule has 1 aromatic carbocycles. The summed E-state index contributed by atoms with van der Waals surface area (Å²) in [4.78, 5) is 28.2. The first-order chi connectivity index (χ1) is 13.9. The number of carboxylic acids is 1. The molecule has 1 aromatic rings. The summed E-state index contributed by atoms with van der Waals surface area (Å²) in [5.41, 5.74) is 0.374. The number of carboxylic acid groups (broad SMARTS) is 1. The molecule has 0 spiro atoms. The van der Waals surface area contributed by atoms with Crippen LogP contribution in [-0.4, -0.2) is 59.7 Å². The molecule has 8 nitrogen and oxygen atoms in total. The number of hydrogen-bond donors (Lipinski definition) is 1. The van der Waals surface area contributed by atoms with Crippen molar-refractivity contribution in [3.63, 3.8) is 0 Å². The van der Waals surface area contributed by atoms with Gasteiger partial charge in [0.05, 0.1) is 17.5 Å². The molecule has 1 amide bonds. The Kier molecular flexibility index (Phi) is 6.32. The Balaban J connectivity index is 1.83. The van der Waals surface area contributed by atoms with Crippen LogP contribution in [0.1, 0.15) is 19.3 Å². The Labute approximate surface area is 174 Å². The second-order valence-electron chi connectivity index (χ2n) is 6.75. The van der Waals surface area contributed by atoms with Gasteiger partial charge >= 0.3 is 12.3 Å². The topological polar surface area (TPSA) is 113 Å². The predicted octanol–water partition coefficient (Wildman–Crippen LogP) is 2.44. The second-order valence-corrected chi connectivity index (χ2v) is 10.1.